The smallest absolute Gasteiger partial charge is 0.261 e. The van der Waals surface area contributed by atoms with Crippen molar-refractivity contribution in [2.24, 2.45) is 7.05 Å². The molecule has 0 bridgehead atoms. The van der Waals surface area contributed by atoms with E-state index in [2.05, 4.69) is 9.97 Å². The summed E-state index contributed by atoms with van der Waals surface area (Å²) in [6.45, 7) is 1.62. The maximum Gasteiger partial charge on any atom is 0.261 e. The first-order valence-electron chi connectivity index (χ1n) is 7.20. The van der Waals surface area contributed by atoms with Gasteiger partial charge in [-0.2, -0.15) is 9.37 Å². The molecule has 3 aromatic rings. The molecule has 0 spiro atoms. The number of rotatable bonds is 3. The zero-order valence-electron chi connectivity index (χ0n) is 13.3. The normalized spacial score (nSPS) is 10.8. The van der Waals surface area contributed by atoms with Crippen LogP contribution in [0.5, 0.6) is 11.6 Å². The lowest BCUT2D eigenvalue weighted by Crippen LogP contribution is -2.14. The molecule has 0 saturated heterocycles. The Hall–Kier alpha value is -2.80. The summed E-state index contributed by atoms with van der Waals surface area (Å²) < 4.78 is 35.3. The molecule has 0 saturated carbocycles. The lowest BCUT2D eigenvalue weighted by Gasteiger charge is -2.12. The number of halogens is 3. The van der Waals surface area contributed by atoms with Gasteiger partial charge in [0.25, 0.3) is 5.88 Å². The van der Waals surface area contributed by atoms with Gasteiger partial charge in [-0.1, -0.05) is 12.1 Å². The van der Waals surface area contributed by atoms with Crippen LogP contribution in [0.1, 0.15) is 5.56 Å². The Kier molecular flexibility index (Phi) is 4.50. The van der Waals surface area contributed by atoms with E-state index in [0.29, 0.717) is 11.1 Å². The van der Waals surface area contributed by atoms with E-state index in [0.717, 1.165) is 0 Å². The molecule has 0 N–H and O–H groups in total. The van der Waals surface area contributed by atoms with Gasteiger partial charge < -0.3 is 9.30 Å². The maximum absolute atomic E-state index is 14.8. The molecule has 5 nitrogen and oxygen atoms in total. The lowest BCUT2D eigenvalue weighted by molar-refractivity contribution is 0.394. The van der Waals surface area contributed by atoms with Crippen LogP contribution < -0.4 is 10.3 Å². The third kappa shape index (κ3) is 3.36. The first-order valence-corrected chi connectivity index (χ1v) is 7.57. The SMILES string of the molecule is Cc1cccc(F)c1Oc1nc(Cl)nc(-c2ccc(=O)n(C)c2)c1F. The average Bonchev–Trinajstić information content (AvgIpc) is 2.56. The van der Waals surface area contributed by atoms with Crippen molar-refractivity contribution in [1.29, 1.82) is 0 Å². The molecule has 0 aliphatic carbocycles. The van der Waals surface area contributed by atoms with Gasteiger partial charge in [0.2, 0.25) is 16.7 Å². The van der Waals surface area contributed by atoms with Crippen molar-refractivity contribution in [2.45, 2.75) is 6.92 Å². The fourth-order valence-electron chi connectivity index (χ4n) is 2.24. The van der Waals surface area contributed by atoms with Gasteiger partial charge in [-0.05, 0) is 36.2 Å². The van der Waals surface area contributed by atoms with Crippen molar-refractivity contribution in [3.63, 3.8) is 0 Å². The van der Waals surface area contributed by atoms with Crippen LogP contribution in [-0.4, -0.2) is 14.5 Å². The summed E-state index contributed by atoms with van der Waals surface area (Å²) in [6.07, 6.45) is 1.40. The van der Waals surface area contributed by atoms with Gasteiger partial charge in [0.15, 0.2) is 11.6 Å². The molecule has 25 heavy (non-hydrogen) atoms. The van der Waals surface area contributed by atoms with Crippen molar-refractivity contribution in [1.82, 2.24) is 14.5 Å². The highest BCUT2D eigenvalue weighted by Crippen LogP contribution is 2.32. The van der Waals surface area contributed by atoms with Gasteiger partial charge in [-0.3, -0.25) is 4.79 Å². The summed E-state index contributed by atoms with van der Waals surface area (Å²) in [4.78, 5) is 19.0. The molecule has 128 valence electrons. The largest absolute Gasteiger partial charge is 0.433 e. The minimum absolute atomic E-state index is 0.150. The predicted octanol–water partition coefficient (Wildman–Crippen LogP) is 3.87. The molecule has 0 aliphatic heterocycles. The summed E-state index contributed by atoms with van der Waals surface area (Å²) in [5.41, 5.74) is 0.360. The summed E-state index contributed by atoms with van der Waals surface area (Å²) >= 11 is 5.86. The number of para-hydroxylation sites is 1. The van der Waals surface area contributed by atoms with Gasteiger partial charge in [0, 0.05) is 24.9 Å². The summed E-state index contributed by atoms with van der Waals surface area (Å²) in [5.74, 6) is -2.22. The zero-order valence-corrected chi connectivity index (χ0v) is 14.0. The fourth-order valence-corrected chi connectivity index (χ4v) is 2.40. The monoisotopic (exact) mass is 363 g/mol. The van der Waals surface area contributed by atoms with Gasteiger partial charge >= 0.3 is 0 Å². The molecule has 0 amide bonds. The third-order valence-electron chi connectivity index (χ3n) is 3.52. The van der Waals surface area contributed by atoms with Crippen LogP contribution >= 0.6 is 11.6 Å². The number of ether oxygens (including phenoxy) is 1. The topological polar surface area (TPSA) is 57.0 Å². The van der Waals surface area contributed by atoms with E-state index < -0.39 is 17.5 Å². The molecule has 2 heterocycles. The van der Waals surface area contributed by atoms with E-state index in [1.807, 2.05) is 0 Å². The van der Waals surface area contributed by atoms with Crippen LogP contribution in [0.3, 0.4) is 0 Å². The summed E-state index contributed by atoms with van der Waals surface area (Å²) in [7, 11) is 1.52. The van der Waals surface area contributed by atoms with E-state index in [9.17, 15) is 13.6 Å². The maximum atomic E-state index is 14.8. The molecular weight excluding hydrogens is 352 g/mol. The van der Waals surface area contributed by atoms with Crippen LogP contribution in [0.15, 0.2) is 41.3 Å². The summed E-state index contributed by atoms with van der Waals surface area (Å²) in [5, 5.41) is -0.269. The highest BCUT2D eigenvalue weighted by Gasteiger charge is 2.20. The molecule has 0 fully saturated rings. The van der Waals surface area contributed by atoms with E-state index in [1.54, 1.807) is 13.0 Å². The number of pyridine rings is 1. The Morgan fingerprint density at radius 2 is 1.92 bits per heavy atom. The minimum Gasteiger partial charge on any atom is -0.433 e. The van der Waals surface area contributed by atoms with Gasteiger partial charge in [-0.15, -0.1) is 0 Å². The quantitative estimate of drug-likeness (QED) is 0.663. The van der Waals surface area contributed by atoms with E-state index in [4.69, 9.17) is 16.3 Å². The molecule has 2 aromatic heterocycles. The first-order chi connectivity index (χ1) is 11.9. The highest BCUT2D eigenvalue weighted by molar-refractivity contribution is 6.28. The van der Waals surface area contributed by atoms with Crippen molar-refractivity contribution in [3.8, 4) is 22.9 Å². The van der Waals surface area contributed by atoms with Gasteiger partial charge in [-0.25, -0.2) is 9.37 Å². The van der Waals surface area contributed by atoms with E-state index in [-0.39, 0.29) is 22.3 Å². The highest BCUT2D eigenvalue weighted by atomic mass is 35.5. The van der Waals surface area contributed by atoms with E-state index >= 15 is 0 Å². The molecule has 3 rings (SSSR count). The molecule has 0 unspecified atom stereocenters. The summed E-state index contributed by atoms with van der Waals surface area (Å²) in [6, 6.07) is 7.00. The number of nitrogens with zero attached hydrogens (tertiary/aromatic N) is 3. The lowest BCUT2D eigenvalue weighted by atomic mass is 10.2. The van der Waals surface area contributed by atoms with Crippen molar-refractivity contribution >= 4 is 11.6 Å². The second kappa shape index (κ2) is 6.60. The van der Waals surface area contributed by atoms with Crippen LogP contribution in [0.25, 0.3) is 11.3 Å². The molecular formula is C17H12ClF2N3O2. The number of benzene rings is 1. The molecule has 0 aliphatic rings. The first kappa shape index (κ1) is 17.0. The molecule has 1 aromatic carbocycles. The Labute approximate surface area is 146 Å². The average molecular weight is 364 g/mol. The van der Waals surface area contributed by atoms with Crippen molar-refractivity contribution < 1.29 is 13.5 Å². The van der Waals surface area contributed by atoms with E-state index in [1.165, 1.54) is 42.1 Å². The molecule has 0 atom stereocenters. The Morgan fingerprint density at radius 3 is 2.60 bits per heavy atom. The number of hydrogen-bond donors (Lipinski definition) is 0. The standard InChI is InChI=1S/C17H12ClF2N3O2/c1-9-4-3-5-11(19)15(9)25-16-13(20)14(21-17(18)22-16)10-6-7-12(24)23(2)8-10/h3-8H,1-2H3. The second-order valence-electron chi connectivity index (χ2n) is 5.32. The molecule has 8 heteroatoms. The van der Waals surface area contributed by atoms with Crippen LogP contribution in [0.4, 0.5) is 8.78 Å². The van der Waals surface area contributed by atoms with Crippen LogP contribution in [0, 0.1) is 18.6 Å². The van der Waals surface area contributed by atoms with Gasteiger partial charge in [0.05, 0.1) is 0 Å². The van der Waals surface area contributed by atoms with Crippen molar-refractivity contribution in [3.05, 3.63) is 69.4 Å². The van der Waals surface area contributed by atoms with Crippen LogP contribution in [-0.2, 0) is 7.05 Å². The number of aryl methyl sites for hydroxylation is 2. The van der Waals surface area contributed by atoms with Crippen molar-refractivity contribution in [2.75, 3.05) is 0 Å². The van der Waals surface area contributed by atoms with Crippen LogP contribution in [0.2, 0.25) is 5.28 Å². The molecule has 0 radical (unpaired) electrons. The Morgan fingerprint density at radius 1 is 1.16 bits per heavy atom. The van der Waals surface area contributed by atoms with Gasteiger partial charge in [0.1, 0.15) is 5.69 Å². The Balaban J connectivity index is 2.12. The third-order valence-corrected chi connectivity index (χ3v) is 3.68. The minimum atomic E-state index is -0.911. The fraction of sp³-hybridized carbons (Fsp3) is 0.118. The second-order valence-corrected chi connectivity index (χ2v) is 5.65. The Bertz CT molecular complexity index is 1000. The zero-order chi connectivity index (χ0) is 18.1. The number of aromatic nitrogens is 3. The predicted molar refractivity (Wildman–Crippen MR) is 88.9 cm³/mol. The number of hydrogen-bond acceptors (Lipinski definition) is 4.